The summed E-state index contributed by atoms with van der Waals surface area (Å²) in [6.07, 6.45) is -22.8. The van der Waals surface area contributed by atoms with Crippen LogP contribution in [0.1, 0.15) is 116 Å². The van der Waals surface area contributed by atoms with E-state index in [-0.39, 0.29) is 66.2 Å². The van der Waals surface area contributed by atoms with E-state index in [4.69, 9.17) is 61.6 Å². The van der Waals surface area contributed by atoms with Crippen molar-refractivity contribution in [1.29, 1.82) is 0 Å². The Morgan fingerprint density at radius 1 is 0.713 bits per heavy atom. The van der Waals surface area contributed by atoms with Crippen LogP contribution in [-0.4, -0.2) is 219 Å². The fraction of sp³-hybridized carbons (Fsp3) is 0.786. The summed E-state index contributed by atoms with van der Waals surface area (Å²) < 4.78 is 78.9. The number of aliphatic hydroxyl groups excluding tert-OH is 6. The predicted octanol–water partition coefficient (Wildman–Crippen LogP) is 2.04. The third-order valence-electron chi connectivity index (χ3n) is 16.9. The molecular weight excluding hydrogens is 1060 g/mol. The average molecular weight is 1140 g/mol. The van der Waals surface area contributed by atoms with Crippen LogP contribution >= 0.6 is 0 Å². The molecule has 452 valence electrons. The summed E-state index contributed by atoms with van der Waals surface area (Å²) in [5.74, 6) is -3.76. The number of esters is 1. The maximum atomic E-state index is 15.2. The molecule has 0 aromatic heterocycles. The van der Waals surface area contributed by atoms with Gasteiger partial charge in [0.05, 0.1) is 84.2 Å². The standard InChI is InChI=1S/C56H84O24/c1-21-34(76-39-17-35(47(62)24(4)70-39)77-38-16-33(59)53(69-12)27(7)73-38)15-31-13-30-14-32(52(68-11)22(2)45(60)23(3)57)54(51(66)44(30)50(65)43(31)46(21)61)80-41-19-36(48(63)26(6)72-41)78-40-18-37(49(64)25(5)71-40)79-42-20-56(10,67)55(28(8)74-42)75-29(9)58/h13,15,22-28,32-33,35-42,45,47-49,52-55,57,59-65,67H,14,16-20H2,1-12H3/t22-,23+,24+,25+,26-,27-,28-,32+,33-,35-,36-,37+,38+,39+,40-,41-,42-,45+,47+,48+,49-,52-,53+,54+,55-,56-/m1/s1. The topological polar surface area (TPSA) is 336 Å². The number of benzene rings is 2. The summed E-state index contributed by atoms with van der Waals surface area (Å²) in [6, 6.07) is 3.23. The molecule has 0 unspecified atom stereocenters. The second-order valence-corrected chi connectivity index (χ2v) is 23.1. The smallest absolute Gasteiger partial charge is 0.303 e. The van der Waals surface area contributed by atoms with Gasteiger partial charge in [-0.2, -0.15) is 0 Å². The Bertz CT molecular complexity index is 2440. The van der Waals surface area contributed by atoms with Gasteiger partial charge in [-0.15, -0.1) is 0 Å². The first-order valence-corrected chi connectivity index (χ1v) is 27.8. The molecule has 0 amide bonds. The van der Waals surface area contributed by atoms with Crippen LogP contribution in [0, 0.1) is 18.8 Å². The molecule has 5 aliphatic heterocycles. The van der Waals surface area contributed by atoms with Crippen LogP contribution in [0.15, 0.2) is 12.1 Å². The highest BCUT2D eigenvalue weighted by Crippen LogP contribution is 2.48. The van der Waals surface area contributed by atoms with E-state index in [0.717, 1.165) is 0 Å². The van der Waals surface area contributed by atoms with E-state index in [1.807, 2.05) is 0 Å². The van der Waals surface area contributed by atoms with Gasteiger partial charge in [-0.1, -0.05) is 6.92 Å². The minimum absolute atomic E-state index is 0.00293. The fourth-order valence-electron chi connectivity index (χ4n) is 12.6. The Morgan fingerprint density at radius 3 is 1.75 bits per heavy atom. The van der Waals surface area contributed by atoms with E-state index in [9.17, 15) is 50.8 Å². The van der Waals surface area contributed by atoms with E-state index in [0.29, 0.717) is 5.56 Å². The van der Waals surface area contributed by atoms with Crippen molar-refractivity contribution in [1.82, 2.24) is 0 Å². The molecule has 24 nitrogen and oxygen atoms in total. The number of aromatic hydroxyl groups is 2. The number of phenolic OH excluding ortho intramolecular Hbond substituents is 2. The van der Waals surface area contributed by atoms with Crippen LogP contribution in [-0.2, 0) is 68.1 Å². The number of methoxy groups -OCH3 is 2. The van der Waals surface area contributed by atoms with E-state index < -0.39 is 182 Å². The highest BCUT2D eigenvalue weighted by Gasteiger charge is 2.52. The number of rotatable bonds is 17. The molecule has 80 heavy (non-hydrogen) atoms. The number of carbonyl (C=O) groups is 2. The zero-order chi connectivity index (χ0) is 58.6. The Hall–Kier alpha value is -3.48. The lowest BCUT2D eigenvalue weighted by Gasteiger charge is -2.46. The highest BCUT2D eigenvalue weighted by atomic mass is 16.7. The Morgan fingerprint density at radius 2 is 1.23 bits per heavy atom. The Balaban J connectivity index is 1.03. The van der Waals surface area contributed by atoms with Crippen LogP contribution in [0.4, 0.5) is 0 Å². The summed E-state index contributed by atoms with van der Waals surface area (Å²) in [6.45, 7) is 15.6. The monoisotopic (exact) mass is 1140 g/mol. The van der Waals surface area contributed by atoms with Gasteiger partial charge < -0.3 is 108 Å². The van der Waals surface area contributed by atoms with Gasteiger partial charge in [-0.05, 0) is 84.9 Å². The van der Waals surface area contributed by atoms with Crippen LogP contribution in [0.3, 0.4) is 0 Å². The van der Waals surface area contributed by atoms with Gasteiger partial charge >= 0.3 is 5.97 Å². The lowest BCUT2D eigenvalue weighted by Crippen LogP contribution is -2.59. The number of aliphatic hydroxyl groups is 7. The highest BCUT2D eigenvalue weighted by molar-refractivity contribution is 6.11. The van der Waals surface area contributed by atoms with Gasteiger partial charge in [0.25, 0.3) is 0 Å². The SMILES string of the molecule is CO[C@H]([C@H](C)[C@H](O)[C@H](C)O)[C@@H]1Cc2cc3cc(O[C@H]4C[C@@H](O[C@H]5C[C@@H](O)[C@@H](OC)[C@@H](C)O5)[C@@H](O)[C@H](C)O4)c(C)c(O)c3c(O)c2C(=O)[C@H]1O[C@@H]1C[C@@H](O[C@@H]2C[C@H](O[C@@H]3C[C@@](C)(O)[C@H](OC(C)=O)[C@@H](C)O3)[C@H](O)[C@H](C)O2)[C@@H](O)[C@@H](C)O1. The lowest BCUT2D eigenvalue weighted by atomic mass is 9.72. The van der Waals surface area contributed by atoms with Gasteiger partial charge in [0.2, 0.25) is 6.29 Å². The fourth-order valence-corrected chi connectivity index (χ4v) is 12.6. The molecule has 9 N–H and O–H groups in total. The second-order valence-electron chi connectivity index (χ2n) is 23.1. The van der Waals surface area contributed by atoms with E-state index in [1.54, 1.807) is 60.6 Å². The van der Waals surface area contributed by atoms with Crippen molar-refractivity contribution in [3.05, 3.63) is 28.8 Å². The normalized spacial score (nSPS) is 41.3. The summed E-state index contributed by atoms with van der Waals surface area (Å²) >= 11 is 0. The first kappa shape index (κ1) is 62.6. The van der Waals surface area contributed by atoms with Crippen molar-refractivity contribution >= 4 is 22.5 Å². The largest absolute Gasteiger partial charge is 0.507 e. The summed E-state index contributed by atoms with van der Waals surface area (Å²) in [5, 5.41) is 102. The number of ketones is 1. The van der Waals surface area contributed by atoms with Crippen molar-refractivity contribution in [2.45, 2.75) is 255 Å². The van der Waals surface area contributed by atoms with Gasteiger partial charge in [-0.25, -0.2) is 0 Å². The van der Waals surface area contributed by atoms with Crippen molar-refractivity contribution in [2.24, 2.45) is 11.8 Å². The first-order valence-electron chi connectivity index (χ1n) is 27.8. The van der Waals surface area contributed by atoms with Crippen LogP contribution < -0.4 is 4.74 Å². The van der Waals surface area contributed by atoms with Crippen molar-refractivity contribution in [3.63, 3.8) is 0 Å². The minimum Gasteiger partial charge on any atom is -0.507 e. The molecule has 5 fully saturated rings. The molecule has 0 radical (unpaired) electrons. The molecule has 0 saturated carbocycles. The number of hydrogen-bond donors (Lipinski definition) is 9. The van der Waals surface area contributed by atoms with Crippen LogP contribution in [0.5, 0.6) is 17.2 Å². The molecule has 5 saturated heterocycles. The van der Waals surface area contributed by atoms with Gasteiger partial charge in [0, 0.05) is 70.6 Å². The molecule has 26 atom stereocenters. The summed E-state index contributed by atoms with van der Waals surface area (Å²) in [5.41, 5.74) is -1.14. The van der Waals surface area contributed by atoms with Crippen molar-refractivity contribution in [3.8, 4) is 17.2 Å². The molecule has 5 heterocycles. The number of carbonyl (C=O) groups excluding carboxylic acids is 2. The molecule has 2 aromatic rings. The Kier molecular flexibility index (Phi) is 19.9. The maximum absolute atomic E-state index is 15.2. The van der Waals surface area contributed by atoms with Gasteiger partial charge in [0.15, 0.2) is 37.0 Å². The molecular formula is C56H84O24. The third-order valence-corrected chi connectivity index (χ3v) is 16.9. The Labute approximate surface area is 465 Å². The maximum Gasteiger partial charge on any atom is 0.303 e. The summed E-state index contributed by atoms with van der Waals surface area (Å²) in [4.78, 5) is 27.0. The second kappa shape index (κ2) is 25.4. The van der Waals surface area contributed by atoms with E-state index in [2.05, 4.69) is 0 Å². The molecule has 1 aliphatic carbocycles. The number of phenols is 2. The van der Waals surface area contributed by atoms with Crippen LogP contribution in [0.25, 0.3) is 10.8 Å². The average Bonchev–Trinajstić information content (AvgIpc) is 3.37. The predicted molar refractivity (Wildman–Crippen MR) is 277 cm³/mol. The van der Waals surface area contributed by atoms with E-state index >= 15 is 4.79 Å². The van der Waals surface area contributed by atoms with E-state index in [1.165, 1.54) is 35.0 Å². The number of fused-ring (bicyclic) bond motifs is 2. The lowest BCUT2D eigenvalue weighted by molar-refractivity contribution is -0.334. The molecule has 8 rings (SSSR count). The third kappa shape index (κ3) is 13.1. The minimum atomic E-state index is -1.53. The summed E-state index contributed by atoms with van der Waals surface area (Å²) in [7, 11) is 2.89. The van der Waals surface area contributed by atoms with Crippen molar-refractivity contribution in [2.75, 3.05) is 14.2 Å². The molecule has 0 bridgehead atoms. The van der Waals surface area contributed by atoms with Crippen LogP contribution in [0.2, 0.25) is 0 Å². The molecule has 24 heteroatoms. The molecule has 2 aromatic carbocycles. The zero-order valence-electron chi connectivity index (χ0n) is 47.5. The molecule has 6 aliphatic rings. The molecule has 0 spiro atoms. The quantitative estimate of drug-likeness (QED) is 0.102. The van der Waals surface area contributed by atoms with Gasteiger partial charge in [0.1, 0.15) is 53.4 Å². The van der Waals surface area contributed by atoms with Gasteiger partial charge in [-0.3, -0.25) is 9.59 Å². The van der Waals surface area contributed by atoms with Crippen molar-refractivity contribution < 1.29 is 117 Å². The number of ether oxygens (including phenoxy) is 13. The zero-order valence-corrected chi connectivity index (χ0v) is 47.5. The number of hydrogen-bond acceptors (Lipinski definition) is 24. The number of Topliss-reactive ketones (excluding diaryl/α,β-unsaturated/α-hetero) is 1. The first-order chi connectivity index (χ1) is 37.6.